The number of oxazole rings is 1. The number of rotatable bonds is 3. The van der Waals surface area contributed by atoms with Crippen molar-refractivity contribution in [2.24, 2.45) is 17.8 Å². The predicted octanol–water partition coefficient (Wildman–Crippen LogP) is 3.08. The van der Waals surface area contributed by atoms with Gasteiger partial charge in [0.25, 0.3) is 0 Å². The van der Waals surface area contributed by atoms with E-state index in [1.165, 1.54) is 38.5 Å². The summed E-state index contributed by atoms with van der Waals surface area (Å²) in [4.78, 5) is 15.5. The van der Waals surface area contributed by atoms with Crippen molar-refractivity contribution >= 4 is 5.97 Å². The Labute approximate surface area is 118 Å². The van der Waals surface area contributed by atoms with Crippen LogP contribution in [0.4, 0.5) is 0 Å². The maximum atomic E-state index is 10.9. The van der Waals surface area contributed by atoms with E-state index in [1.54, 1.807) is 0 Å². The van der Waals surface area contributed by atoms with Crippen molar-refractivity contribution in [3.63, 3.8) is 0 Å². The molecule has 1 aromatic rings. The maximum Gasteiger partial charge on any atom is 0.309 e. The predicted molar refractivity (Wildman–Crippen MR) is 72.4 cm³/mol. The number of carbonyl (C=O) groups is 1. The van der Waals surface area contributed by atoms with Crippen molar-refractivity contribution in [3.8, 4) is 0 Å². The molecule has 1 N–H and O–H groups in total. The standard InChI is InChI=1S/C16H21NO3/c1-9-13(5-14(18)19)17-15(20-9)16-6-10-2-11(7-16)4-12(3-10)8-16/h10-12H,2-8H2,1H3,(H,18,19). The molecule has 0 aromatic carbocycles. The van der Waals surface area contributed by atoms with Crippen LogP contribution in [0.1, 0.15) is 55.9 Å². The lowest BCUT2D eigenvalue weighted by atomic mass is 9.49. The first-order valence-electron chi connectivity index (χ1n) is 7.73. The minimum atomic E-state index is -0.835. The van der Waals surface area contributed by atoms with Gasteiger partial charge >= 0.3 is 5.97 Å². The van der Waals surface area contributed by atoms with Crippen LogP contribution in [0.5, 0.6) is 0 Å². The van der Waals surface area contributed by atoms with E-state index in [2.05, 4.69) is 4.98 Å². The second kappa shape index (κ2) is 4.09. The Bertz CT molecular complexity index is 525. The van der Waals surface area contributed by atoms with Crippen molar-refractivity contribution in [2.45, 2.75) is 57.3 Å². The molecular formula is C16H21NO3. The molecule has 108 valence electrons. The first-order chi connectivity index (χ1) is 9.54. The van der Waals surface area contributed by atoms with Crippen LogP contribution in [-0.2, 0) is 16.6 Å². The highest BCUT2D eigenvalue weighted by Gasteiger charge is 2.54. The van der Waals surface area contributed by atoms with Gasteiger partial charge in [0.05, 0.1) is 12.1 Å². The Morgan fingerprint density at radius 2 is 1.80 bits per heavy atom. The fourth-order valence-corrected chi connectivity index (χ4v) is 5.33. The van der Waals surface area contributed by atoms with E-state index in [1.807, 2.05) is 6.92 Å². The lowest BCUT2D eigenvalue weighted by molar-refractivity contribution is -0.136. The van der Waals surface area contributed by atoms with Crippen molar-refractivity contribution < 1.29 is 14.3 Å². The third-order valence-corrected chi connectivity index (χ3v) is 5.70. The zero-order chi connectivity index (χ0) is 13.9. The molecular weight excluding hydrogens is 254 g/mol. The number of hydrogen-bond acceptors (Lipinski definition) is 3. The number of nitrogens with zero attached hydrogens (tertiary/aromatic N) is 1. The summed E-state index contributed by atoms with van der Waals surface area (Å²) in [5.74, 6) is 3.23. The quantitative estimate of drug-likeness (QED) is 0.920. The van der Waals surface area contributed by atoms with E-state index >= 15 is 0 Å². The van der Waals surface area contributed by atoms with Crippen LogP contribution >= 0.6 is 0 Å². The molecule has 0 saturated heterocycles. The molecule has 0 amide bonds. The summed E-state index contributed by atoms with van der Waals surface area (Å²) in [6.45, 7) is 1.84. The van der Waals surface area contributed by atoms with Gasteiger partial charge in [-0.1, -0.05) is 0 Å². The molecule has 20 heavy (non-hydrogen) atoms. The highest BCUT2D eigenvalue weighted by atomic mass is 16.4. The molecule has 4 saturated carbocycles. The topological polar surface area (TPSA) is 63.3 Å². The third kappa shape index (κ3) is 1.80. The largest absolute Gasteiger partial charge is 0.481 e. The van der Waals surface area contributed by atoms with Gasteiger partial charge in [0.15, 0.2) is 0 Å². The van der Waals surface area contributed by atoms with Gasteiger partial charge in [-0.25, -0.2) is 4.98 Å². The summed E-state index contributed by atoms with van der Waals surface area (Å²) in [5.41, 5.74) is 0.735. The first-order valence-corrected chi connectivity index (χ1v) is 7.73. The summed E-state index contributed by atoms with van der Waals surface area (Å²) >= 11 is 0. The molecule has 0 unspecified atom stereocenters. The third-order valence-electron chi connectivity index (χ3n) is 5.70. The van der Waals surface area contributed by atoms with E-state index in [0.29, 0.717) is 11.5 Å². The van der Waals surface area contributed by atoms with Gasteiger partial charge in [-0.2, -0.15) is 0 Å². The molecule has 4 nitrogen and oxygen atoms in total. The lowest BCUT2D eigenvalue weighted by Crippen LogP contribution is -2.48. The molecule has 0 aliphatic heterocycles. The van der Waals surface area contributed by atoms with Gasteiger partial charge in [0, 0.05) is 5.41 Å². The molecule has 0 radical (unpaired) electrons. The van der Waals surface area contributed by atoms with E-state index in [0.717, 1.165) is 23.6 Å². The van der Waals surface area contributed by atoms with Crippen LogP contribution < -0.4 is 0 Å². The lowest BCUT2D eigenvalue weighted by Gasteiger charge is -2.55. The van der Waals surface area contributed by atoms with Gasteiger partial charge in [0.2, 0.25) is 5.89 Å². The molecule has 5 rings (SSSR count). The summed E-state index contributed by atoms with van der Waals surface area (Å²) in [5, 5.41) is 8.95. The number of aromatic nitrogens is 1. The number of aryl methyl sites for hydroxylation is 1. The molecule has 4 aliphatic rings. The molecule has 4 bridgehead atoms. The molecule has 0 spiro atoms. The number of carboxylic acids is 1. The van der Waals surface area contributed by atoms with Gasteiger partial charge < -0.3 is 9.52 Å². The van der Waals surface area contributed by atoms with Crippen LogP contribution in [0.2, 0.25) is 0 Å². The van der Waals surface area contributed by atoms with Gasteiger partial charge in [0.1, 0.15) is 5.76 Å². The number of hydrogen-bond donors (Lipinski definition) is 1. The van der Waals surface area contributed by atoms with Crippen molar-refractivity contribution in [1.29, 1.82) is 0 Å². The normalized spacial score (nSPS) is 38.4. The van der Waals surface area contributed by atoms with Crippen LogP contribution in [-0.4, -0.2) is 16.1 Å². The van der Waals surface area contributed by atoms with E-state index in [-0.39, 0.29) is 11.8 Å². The van der Waals surface area contributed by atoms with Crippen molar-refractivity contribution in [1.82, 2.24) is 4.98 Å². The number of aliphatic carboxylic acids is 1. The fraction of sp³-hybridized carbons (Fsp3) is 0.750. The molecule has 1 heterocycles. The second-order valence-electron chi connectivity index (χ2n) is 7.29. The summed E-state index contributed by atoms with van der Waals surface area (Å²) < 4.78 is 5.93. The second-order valence-corrected chi connectivity index (χ2v) is 7.29. The molecule has 0 atom stereocenters. The molecule has 4 aliphatic carbocycles. The highest BCUT2D eigenvalue weighted by molar-refractivity contribution is 5.69. The van der Waals surface area contributed by atoms with Gasteiger partial charge in [-0.15, -0.1) is 0 Å². The number of carboxylic acid groups (broad SMARTS) is 1. The van der Waals surface area contributed by atoms with Gasteiger partial charge in [-0.3, -0.25) is 4.79 Å². The molecule has 4 heteroatoms. The van der Waals surface area contributed by atoms with Crippen LogP contribution in [0, 0.1) is 24.7 Å². The zero-order valence-electron chi connectivity index (χ0n) is 11.9. The van der Waals surface area contributed by atoms with Gasteiger partial charge in [-0.05, 0) is 63.2 Å². The minimum Gasteiger partial charge on any atom is -0.481 e. The van der Waals surface area contributed by atoms with Crippen LogP contribution in [0.3, 0.4) is 0 Å². The Morgan fingerprint density at radius 3 is 2.30 bits per heavy atom. The van der Waals surface area contributed by atoms with E-state index in [4.69, 9.17) is 9.52 Å². The summed E-state index contributed by atoms with van der Waals surface area (Å²) in [6.07, 6.45) is 7.74. The summed E-state index contributed by atoms with van der Waals surface area (Å²) in [6, 6.07) is 0. The minimum absolute atomic E-state index is 0.0261. The van der Waals surface area contributed by atoms with Crippen molar-refractivity contribution in [3.05, 3.63) is 17.3 Å². The average Bonchev–Trinajstić information content (AvgIpc) is 2.69. The summed E-state index contributed by atoms with van der Waals surface area (Å²) in [7, 11) is 0. The van der Waals surface area contributed by atoms with Crippen LogP contribution in [0.25, 0.3) is 0 Å². The Morgan fingerprint density at radius 1 is 1.25 bits per heavy atom. The fourth-order valence-electron chi connectivity index (χ4n) is 5.33. The monoisotopic (exact) mass is 275 g/mol. The maximum absolute atomic E-state index is 10.9. The smallest absolute Gasteiger partial charge is 0.309 e. The van der Waals surface area contributed by atoms with Crippen LogP contribution in [0.15, 0.2) is 4.42 Å². The Balaban J connectivity index is 1.68. The average molecular weight is 275 g/mol. The Kier molecular flexibility index (Phi) is 2.54. The van der Waals surface area contributed by atoms with E-state index in [9.17, 15) is 4.79 Å². The Hall–Kier alpha value is -1.32. The highest BCUT2D eigenvalue weighted by Crippen LogP contribution is 2.60. The van der Waals surface area contributed by atoms with E-state index < -0.39 is 5.97 Å². The SMILES string of the molecule is Cc1oc(C23CC4CC(CC(C4)C2)C3)nc1CC(=O)O. The van der Waals surface area contributed by atoms with Crippen molar-refractivity contribution in [2.75, 3.05) is 0 Å². The molecule has 4 fully saturated rings. The first kappa shape index (κ1) is 12.4. The zero-order valence-corrected chi connectivity index (χ0v) is 11.9. The molecule has 1 aromatic heterocycles.